The molecule has 2 heterocycles. The summed E-state index contributed by atoms with van der Waals surface area (Å²) in [5, 5.41) is 9.23. The molecule has 0 spiro atoms. The Balaban J connectivity index is 0.00000380. The Hall–Kier alpha value is -3.65. The number of hydrogen-bond donors (Lipinski definition) is 1. The molecule has 0 radical (unpaired) electrons. The summed E-state index contributed by atoms with van der Waals surface area (Å²) in [6.07, 6.45) is 0.516. The topological polar surface area (TPSA) is 89.0 Å². The fraction of sp³-hybridized carbons (Fsp3) is 0.321. The lowest BCUT2D eigenvalue weighted by Crippen LogP contribution is -2.37. The minimum atomic E-state index is -0.941. The molecular weight excluding hydrogens is 499 g/mol. The number of rotatable bonds is 8. The number of carboxylic acid groups (broad SMARTS) is 1. The predicted octanol–water partition coefficient (Wildman–Crippen LogP) is 5.03. The number of nitrogens with zero attached hydrogens (tertiary/aromatic N) is 2. The van der Waals surface area contributed by atoms with Gasteiger partial charge in [-0.2, -0.15) is 0 Å². The normalized spacial score (nSPS) is 13.2. The third kappa shape index (κ3) is 6.20. The molecule has 196 valence electrons. The minimum Gasteiger partial charge on any atom is -0.496 e. The first-order valence-electron chi connectivity index (χ1n) is 11.8. The van der Waals surface area contributed by atoms with Crippen LogP contribution >= 0.6 is 12.4 Å². The van der Waals surface area contributed by atoms with Crippen LogP contribution in [0.5, 0.6) is 11.6 Å². The predicted molar refractivity (Wildman–Crippen MR) is 140 cm³/mol. The van der Waals surface area contributed by atoms with Crippen molar-refractivity contribution in [1.29, 1.82) is 0 Å². The van der Waals surface area contributed by atoms with E-state index in [1.807, 2.05) is 19.1 Å². The fourth-order valence-corrected chi connectivity index (χ4v) is 4.66. The summed E-state index contributed by atoms with van der Waals surface area (Å²) >= 11 is 0. The second-order valence-electron chi connectivity index (χ2n) is 8.93. The molecule has 0 saturated heterocycles. The summed E-state index contributed by atoms with van der Waals surface area (Å²) in [7, 11) is 3.09. The van der Waals surface area contributed by atoms with Crippen molar-refractivity contribution < 1.29 is 28.6 Å². The van der Waals surface area contributed by atoms with Crippen molar-refractivity contribution in [2.75, 3.05) is 20.8 Å². The molecule has 0 fully saturated rings. The standard InChI is InChI=1S/C28H29FN2O5.ClH/c1-17(24-5-4-6-26(30-24)36-3)13-27(32)31-12-11-20-22(16-31)19(8-9-23(20)29)21-14-18(15-28(33)34)7-10-25(21)35-2;/h4-10,14,17H,11-13,15-16H2,1-3H3,(H,33,34);1H. The molecule has 0 saturated carbocycles. The average molecular weight is 529 g/mol. The monoisotopic (exact) mass is 528 g/mol. The molecule has 0 aliphatic carbocycles. The Morgan fingerprint density at radius 3 is 2.57 bits per heavy atom. The van der Waals surface area contributed by atoms with E-state index in [4.69, 9.17) is 9.47 Å². The van der Waals surface area contributed by atoms with E-state index in [9.17, 15) is 19.1 Å². The van der Waals surface area contributed by atoms with E-state index < -0.39 is 5.97 Å². The Kier molecular flexibility index (Phi) is 9.10. The highest BCUT2D eigenvalue weighted by Crippen LogP contribution is 2.38. The summed E-state index contributed by atoms with van der Waals surface area (Å²) in [6, 6.07) is 13.8. The second kappa shape index (κ2) is 12.1. The van der Waals surface area contributed by atoms with E-state index in [0.29, 0.717) is 46.8 Å². The number of carboxylic acids is 1. The van der Waals surface area contributed by atoms with Gasteiger partial charge in [-0.25, -0.2) is 9.37 Å². The van der Waals surface area contributed by atoms with Gasteiger partial charge in [-0.05, 0) is 52.9 Å². The van der Waals surface area contributed by atoms with Gasteiger partial charge in [0.1, 0.15) is 11.6 Å². The fourth-order valence-electron chi connectivity index (χ4n) is 4.66. The van der Waals surface area contributed by atoms with Crippen LogP contribution in [-0.4, -0.2) is 47.6 Å². The summed E-state index contributed by atoms with van der Waals surface area (Å²) in [4.78, 5) is 30.7. The van der Waals surface area contributed by atoms with Crippen LogP contribution in [-0.2, 0) is 29.0 Å². The van der Waals surface area contributed by atoms with E-state index in [-0.39, 0.29) is 49.4 Å². The Morgan fingerprint density at radius 2 is 1.86 bits per heavy atom. The van der Waals surface area contributed by atoms with Crippen molar-refractivity contribution >= 4 is 24.3 Å². The third-order valence-corrected chi connectivity index (χ3v) is 6.56. The van der Waals surface area contributed by atoms with Gasteiger partial charge in [-0.3, -0.25) is 9.59 Å². The van der Waals surface area contributed by atoms with Crippen LogP contribution < -0.4 is 9.47 Å². The van der Waals surface area contributed by atoms with Gasteiger partial charge in [-0.15, -0.1) is 12.4 Å². The Labute approximate surface area is 221 Å². The number of methoxy groups -OCH3 is 2. The Bertz CT molecular complexity index is 1300. The average Bonchev–Trinajstić information content (AvgIpc) is 2.88. The van der Waals surface area contributed by atoms with Crippen LogP contribution in [0.3, 0.4) is 0 Å². The van der Waals surface area contributed by atoms with Crippen LogP contribution in [0.15, 0.2) is 48.5 Å². The number of amides is 1. The van der Waals surface area contributed by atoms with Gasteiger partial charge in [-0.1, -0.05) is 25.1 Å². The number of halogens is 2. The molecule has 1 atom stereocenters. The quantitative estimate of drug-likeness (QED) is 0.441. The maximum Gasteiger partial charge on any atom is 0.307 e. The molecule has 4 rings (SSSR count). The van der Waals surface area contributed by atoms with Crippen molar-refractivity contribution in [3.8, 4) is 22.8 Å². The van der Waals surface area contributed by atoms with Crippen molar-refractivity contribution in [2.24, 2.45) is 0 Å². The molecule has 2 aromatic carbocycles. The van der Waals surface area contributed by atoms with Gasteiger partial charge in [0, 0.05) is 42.8 Å². The molecule has 1 amide bonds. The summed E-state index contributed by atoms with van der Waals surface area (Å²) in [5.74, 6) is -0.357. The third-order valence-electron chi connectivity index (χ3n) is 6.56. The molecule has 3 aromatic rings. The number of aromatic nitrogens is 1. The van der Waals surface area contributed by atoms with E-state index in [1.165, 1.54) is 13.2 Å². The summed E-state index contributed by atoms with van der Waals surface area (Å²) in [5.41, 5.74) is 4.08. The van der Waals surface area contributed by atoms with Crippen LogP contribution in [0.2, 0.25) is 0 Å². The smallest absolute Gasteiger partial charge is 0.307 e. The highest BCUT2D eigenvalue weighted by atomic mass is 35.5. The Morgan fingerprint density at radius 1 is 1.08 bits per heavy atom. The van der Waals surface area contributed by atoms with Crippen LogP contribution in [0.25, 0.3) is 11.1 Å². The van der Waals surface area contributed by atoms with Crippen molar-refractivity contribution in [1.82, 2.24) is 9.88 Å². The minimum absolute atomic E-state index is 0. The first kappa shape index (κ1) is 27.9. The van der Waals surface area contributed by atoms with Gasteiger partial charge < -0.3 is 19.5 Å². The number of carbonyl (C=O) groups excluding carboxylic acids is 1. The van der Waals surface area contributed by atoms with Gasteiger partial charge >= 0.3 is 5.97 Å². The molecule has 1 aromatic heterocycles. The number of aliphatic carboxylic acids is 1. The maximum atomic E-state index is 14.8. The molecule has 1 aliphatic rings. The van der Waals surface area contributed by atoms with E-state index in [0.717, 1.165) is 11.3 Å². The molecule has 37 heavy (non-hydrogen) atoms. The lowest BCUT2D eigenvalue weighted by Gasteiger charge is -2.32. The summed E-state index contributed by atoms with van der Waals surface area (Å²) in [6.45, 7) is 2.62. The molecule has 9 heteroatoms. The van der Waals surface area contributed by atoms with E-state index in [1.54, 1.807) is 42.3 Å². The van der Waals surface area contributed by atoms with Gasteiger partial charge in [0.25, 0.3) is 0 Å². The number of ether oxygens (including phenoxy) is 2. The number of benzene rings is 2. The first-order valence-corrected chi connectivity index (χ1v) is 11.8. The molecule has 0 bridgehead atoms. The summed E-state index contributed by atoms with van der Waals surface area (Å²) < 4.78 is 25.5. The number of fused-ring (bicyclic) bond motifs is 1. The lowest BCUT2D eigenvalue weighted by atomic mass is 9.89. The first-order chi connectivity index (χ1) is 17.3. The SMILES string of the molecule is COc1cccc(C(C)CC(=O)N2CCc3c(F)ccc(-c4cc(CC(=O)O)ccc4OC)c3C2)n1.Cl. The zero-order valence-electron chi connectivity index (χ0n) is 21.0. The molecule has 1 unspecified atom stereocenters. The molecule has 7 nitrogen and oxygen atoms in total. The van der Waals surface area contributed by atoms with Crippen LogP contribution in [0, 0.1) is 5.82 Å². The lowest BCUT2D eigenvalue weighted by molar-refractivity contribution is -0.136. The van der Waals surface area contributed by atoms with Crippen molar-refractivity contribution in [3.63, 3.8) is 0 Å². The van der Waals surface area contributed by atoms with Gasteiger partial charge in [0.15, 0.2) is 0 Å². The number of carbonyl (C=O) groups is 2. The number of hydrogen-bond acceptors (Lipinski definition) is 5. The zero-order chi connectivity index (χ0) is 25.8. The molecule has 1 N–H and O–H groups in total. The number of pyridine rings is 1. The van der Waals surface area contributed by atoms with E-state index in [2.05, 4.69) is 4.98 Å². The molecule has 1 aliphatic heterocycles. The highest BCUT2D eigenvalue weighted by molar-refractivity contribution is 5.85. The van der Waals surface area contributed by atoms with E-state index >= 15 is 0 Å². The maximum absolute atomic E-state index is 14.8. The van der Waals surface area contributed by atoms with Gasteiger partial charge in [0.2, 0.25) is 11.8 Å². The molecular formula is C28H30ClFN2O5. The largest absolute Gasteiger partial charge is 0.496 e. The van der Waals surface area contributed by atoms with Gasteiger partial charge in [0.05, 0.1) is 20.6 Å². The second-order valence-corrected chi connectivity index (χ2v) is 8.93. The van der Waals surface area contributed by atoms with Crippen LogP contribution in [0.1, 0.15) is 41.6 Å². The zero-order valence-corrected chi connectivity index (χ0v) is 21.8. The van der Waals surface area contributed by atoms with Crippen molar-refractivity contribution in [3.05, 3.63) is 76.7 Å². The van der Waals surface area contributed by atoms with Crippen molar-refractivity contribution in [2.45, 2.75) is 38.6 Å². The highest BCUT2D eigenvalue weighted by Gasteiger charge is 2.27. The van der Waals surface area contributed by atoms with Crippen LogP contribution in [0.4, 0.5) is 4.39 Å².